The molecule has 0 aliphatic heterocycles. The first-order chi connectivity index (χ1) is 10.6. The second-order valence-electron chi connectivity index (χ2n) is 4.56. The molecule has 22 heavy (non-hydrogen) atoms. The van der Waals surface area contributed by atoms with Crippen LogP contribution < -0.4 is 14.8 Å². The number of fused-ring (bicyclic) bond motifs is 1. The molecule has 0 amide bonds. The Hall–Kier alpha value is -2.47. The summed E-state index contributed by atoms with van der Waals surface area (Å²) in [7, 11) is 3.13. The lowest BCUT2D eigenvalue weighted by molar-refractivity contribution is 0.356. The molecule has 0 saturated carbocycles. The van der Waals surface area contributed by atoms with Gasteiger partial charge in [0, 0.05) is 17.8 Å². The average molecular weight is 322 g/mol. The van der Waals surface area contributed by atoms with Crippen LogP contribution in [0.1, 0.15) is 0 Å². The molecule has 3 aromatic rings. The van der Waals surface area contributed by atoms with E-state index >= 15 is 0 Å². The number of anilines is 2. The summed E-state index contributed by atoms with van der Waals surface area (Å²) in [6.07, 6.45) is 0. The number of nitrogens with zero attached hydrogens (tertiary/aromatic N) is 1. The van der Waals surface area contributed by atoms with Gasteiger partial charge in [0.05, 0.1) is 30.3 Å². The molecule has 2 N–H and O–H groups in total. The van der Waals surface area contributed by atoms with E-state index in [0.29, 0.717) is 28.7 Å². The Morgan fingerprint density at radius 3 is 2.55 bits per heavy atom. The average Bonchev–Trinajstić information content (AvgIpc) is 2.90. The number of methoxy groups -OCH3 is 2. The Balaban J connectivity index is 1.96. The highest BCUT2D eigenvalue weighted by Gasteiger charge is 2.10. The number of halogens is 2. The minimum absolute atomic E-state index is 0.0458. The summed E-state index contributed by atoms with van der Waals surface area (Å²) < 4.78 is 23.7. The molecule has 1 aromatic heterocycles. The van der Waals surface area contributed by atoms with E-state index in [9.17, 15) is 4.39 Å². The maximum Gasteiger partial charge on any atom is 0.205 e. The predicted molar refractivity (Wildman–Crippen MR) is 83.9 cm³/mol. The van der Waals surface area contributed by atoms with Gasteiger partial charge in [-0.1, -0.05) is 11.6 Å². The summed E-state index contributed by atoms with van der Waals surface area (Å²) in [5.41, 5.74) is 2.13. The molecule has 0 fully saturated rings. The van der Waals surface area contributed by atoms with Gasteiger partial charge in [-0.15, -0.1) is 0 Å². The number of hydrogen-bond acceptors (Lipinski definition) is 4. The summed E-state index contributed by atoms with van der Waals surface area (Å²) in [6.45, 7) is 0. The van der Waals surface area contributed by atoms with Gasteiger partial charge in [-0.25, -0.2) is 9.37 Å². The van der Waals surface area contributed by atoms with Crippen molar-refractivity contribution < 1.29 is 13.9 Å². The van der Waals surface area contributed by atoms with E-state index in [-0.39, 0.29) is 5.02 Å². The summed E-state index contributed by atoms with van der Waals surface area (Å²) in [5.74, 6) is 1.24. The lowest BCUT2D eigenvalue weighted by Crippen LogP contribution is -1.92. The van der Waals surface area contributed by atoms with Gasteiger partial charge < -0.3 is 19.8 Å². The van der Waals surface area contributed by atoms with Gasteiger partial charge in [0.25, 0.3) is 0 Å². The molecule has 7 heteroatoms. The highest BCUT2D eigenvalue weighted by Crippen LogP contribution is 2.32. The molecule has 0 spiro atoms. The molecule has 2 aromatic carbocycles. The van der Waals surface area contributed by atoms with Gasteiger partial charge in [0.15, 0.2) is 11.5 Å². The normalized spacial score (nSPS) is 10.7. The van der Waals surface area contributed by atoms with E-state index in [4.69, 9.17) is 21.1 Å². The molecule has 1 heterocycles. The standard InChI is InChI=1S/C15H13ClFN3O2/c1-21-13-6-11-12(7-14(13)22-2)20-15(19-11)18-8-3-4-10(17)9(16)5-8/h3-7H,1-2H3,(H2,18,19,20). The van der Waals surface area contributed by atoms with Crippen molar-refractivity contribution in [2.45, 2.75) is 0 Å². The van der Waals surface area contributed by atoms with Gasteiger partial charge in [-0.2, -0.15) is 0 Å². The van der Waals surface area contributed by atoms with Gasteiger partial charge in [-0.05, 0) is 18.2 Å². The van der Waals surface area contributed by atoms with Gasteiger partial charge in [-0.3, -0.25) is 0 Å². The molecule has 114 valence electrons. The van der Waals surface area contributed by atoms with E-state index in [2.05, 4.69) is 15.3 Å². The highest BCUT2D eigenvalue weighted by molar-refractivity contribution is 6.31. The topological polar surface area (TPSA) is 59.2 Å². The molecule has 0 radical (unpaired) electrons. The van der Waals surface area contributed by atoms with E-state index < -0.39 is 5.82 Å². The molecule has 0 bridgehead atoms. The lowest BCUT2D eigenvalue weighted by Gasteiger charge is -2.06. The first-order valence-corrected chi connectivity index (χ1v) is 6.82. The van der Waals surface area contributed by atoms with Crippen LogP contribution in [0.3, 0.4) is 0 Å². The molecule has 5 nitrogen and oxygen atoms in total. The molecule has 0 atom stereocenters. The number of benzene rings is 2. The number of aromatic nitrogens is 2. The largest absolute Gasteiger partial charge is 0.493 e. The maximum atomic E-state index is 13.2. The lowest BCUT2D eigenvalue weighted by atomic mass is 10.3. The third-order valence-electron chi connectivity index (χ3n) is 3.17. The van der Waals surface area contributed by atoms with Crippen molar-refractivity contribution >= 4 is 34.3 Å². The Bertz CT molecular complexity index is 794. The summed E-state index contributed by atoms with van der Waals surface area (Å²) in [4.78, 5) is 7.51. The number of nitrogens with one attached hydrogen (secondary N) is 2. The molecule has 0 aliphatic carbocycles. The zero-order valence-corrected chi connectivity index (χ0v) is 12.7. The minimum Gasteiger partial charge on any atom is -0.493 e. The van der Waals surface area contributed by atoms with Crippen LogP contribution in [0, 0.1) is 5.82 Å². The smallest absolute Gasteiger partial charge is 0.205 e. The quantitative estimate of drug-likeness (QED) is 0.759. The Morgan fingerprint density at radius 1 is 1.14 bits per heavy atom. The van der Waals surface area contributed by atoms with E-state index in [1.165, 1.54) is 12.1 Å². The van der Waals surface area contributed by atoms with Crippen molar-refractivity contribution in [1.82, 2.24) is 9.97 Å². The van der Waals surface area contributed by atoms with Crippen LogP contribution in [-0.2, 0) is 0 Å². The summed E-state index contributed by atoms with van der Waals surface area (Å²) in [6, 6.07) is 7.93. The van der Waals surface area contributed by atoms with Crippen molar-refractivity contribution in [2.75, 3.05) is 19.5 Å². The predicted octanol–water partition coefficient (Wildman–Crippen LogP) is 4.12. The van der Waals surface area contributed by atoms with Crippen LogP contribution >= 0.6 is 11.6 Å². The second-order valence-corrected chi connectivity index (χ2v) is 4.97. The maximum absolute atomic E-state index is 13.2. The highest BCUT2D eigenvalue weighted by atomic mass is 35.5. The monoisotopic (exact) mass is 321 g/mol. The molecule has 0 saturated heterocycles. The van der Waals surface area contributed by atoms with Crippen molar-refractivity contribution in [3.05, 3.63) is 41.2 Å². The van der Waals surface area contributed by atoms with Gasteiger partial charge in [0.1, 0.15) is 5.82 Å². The third kappa shape index (κ3) is 2.65. The zero-order chi connectivity index (χ0) is 15.7. The van der Waals surface area contributed by atoms with Crippen molar-refractivity contribution in [3.63, 3.8) is 0 Å². The van der Waals surface area contributed by atoms with Crippen LogP contribution in [-0.4, -0.2) is 24.2 Å². The van der Waals surface area contributed by atoms with Crippen LogP contribution in [0.15, 0.2) is 30.3 Å². The number of ether oxygens (including phenoxy) is 2. The fraction of sp³-hybridized carbons (Fsp3) is 0.133. The molecule has 0 unspecified atom stereocenters. The SMILES string of the molecule is COc1cc2nc(Nc3ccc(F)c(Cl)c3)[nH]c2cc1OC. The molecular formula is C15H13ClFN3O2. The van der Waals surface area contributed by atoms with Crippen molar-refractivity contribution in [3.8, 4) is 11.5 Å². The number of rotatable bonds is 4. The Morgan fingerprint density at radius 2 is 1.86 bits per heavy atom. The number of H-pyrrole nitrogens is 1. The first-order valence-electron chi connectivity index (χ1n) is 6.44. The van der Waals surface area contributed by atoms with Crippen LogP contribution in [0.4, 0.5) is 16.0 Å². The third-order valence-corrected chi connectivity index (χ3v) is 3.46. The van der Waals surface area contributed by atoms with E-state index in [0.717, 1.165) is 5.52 Å². The van der Waals surface area contributed by atoms with E-state index in [1.54, 1.807) is 32.4 Å². The molecule has 0 aliphatic rings. The number of hydrogen-bond donors (Lipinski definition) is 2. The fourth-order valence-electron chi connectivity index (χ4n) is 2.11. The second kappa shape index (κ2) is 5.73. The Labute approximate surface area is 131 Å². The van der Waals surface area contributed by atoms with Crippen LogP contribution in [0.2, 0.25) is 5.02 Å². The number of aromatic amines is 1. The van der Waals surface area contributed by atoms with Crippen molar-refractivity contribution in [2.24, 2.45) is 0 Å². The zero-order valence-electron chi connectivity index (χ0n) is 11.9. The molecular weight excluding hydrogens is 309 g/mol. The van der Waals surface area contributed by atoms with Crippen LogP contribution in [0.25, 0.3) is 11.0 Å². The first kappa shape index (κ1) is 14.5. The number of imidazole rings is 1. The van der Waals surface area contributed by atoms with E-state index in [1.807, 2.05) is 0 Å². The van der Waals surface area contributed by atoms with Crippen molar-refractivity contribution in [1.29, 1.82) is 0 Å². The Kier molecular flexibility index (Phi) is 3.77. The molecule has 3 rings (SSSR count). The fourth-order valence-corrected chi connectivity index (χ4v) is 2.29. The summed E-state index contributed by atoms with van der Waals surface area (Å²) in [5, 5.41) is 3.08. The van der Waals surface area contributed by atoms with Crippen LogP contribution in [0.5, 0.6) is 11.5 Å². The summed E-state index contributed by atoms with van der Waals surface area (Å²) >= 11 is 5.76. The van der Waals surface area contributed by atoms with Gasteiger partial charge in [0.2, 0.25) is 5.95 Å². The van der Waals surface area contributed by atoms with Gasteiger partial charge >= 0.3 is 0 Å². The minimum atomic E-state index is -0.466.